The molecule has 1 aromatic carbocycles. The van der Waals surface area contributed by atoms with E-state index in [0.29, 0.717) is 23.7 Å². The number of anilines is 1. The van der Waals surface area contributed by atoms with Gasteiger partial charge in [-0.25, -0.2) is 8.42 Å². The third kappa shape index (κ3) is 5.06. The summed E-state index contributed by atoms with van der Waals surface area (Å²) in [6.07, 6.45) is 1.99. The Labute approximate surface area is 177 Å². The number of thiophene rings is 1. The average molecular weight is 436 g/mol. The van der Waals surface area contributed by atoms with Crippen LogP contribution in [0.15, 0.2) is 35.2 Å². The first-order valence-corrected chi connectivity index (χ1v) is 12.3. The number of rotatable bonds is 7. The molecule has 2 aromatic rings. The molecule has 8 heteroatoms. The molecule has 0 saturated carbocycles. The standard InChI is InChI=1S/C21H29N3O3S2/c1-4-7-17-14-20(28-16(17)3)21(25)22-18-8-6-9-19(15-18)29(26,27)24-12-10-23(5-2)11-13-24/h6,8-9,14-15H,4-5,7,10-13H2,1-3H3,(H,22,25). The lowest BCUT2D eigenvalue weighted by molar-refractivity contribution is 0.103. The van der Waals surface area contributed by atoms with Crippen LogP contribution in [0.4, 0.5) is 5.69 Å². The molecule has 1 aromatic heterocycles. The Kier molecular flexibility index (Phi) is 7.10. The number of likely N-dealkylation sites (N-methyl/N-ethyl adjacent to an activating group) is 1. The zero-order valence-corrected chi connectivity index (χ0v) is 18.9. The summed E-state index contributed by atoms with van der Waals surface area (Å²) in [5.74, 6) is -0.202. The molecule has 1 aliphatic heterocycles. The van der Waals surface area contributed by atoms with E-state index in [2.05, 4.69) is 24.1 Å². The molecule has 0 atom stereocenters. The van der Waals surface area contributed by atoms with Crippen molar-refractivity contribution in [2.24, 2.45) is 0 Å². The Morgan fingerprint density at radius 1 is 1.14 bits per heavy atom. The number of hydrogen-bond donors (Lipinski definition) is 1. The summed E-state index contributed by atoms with van der Waals surface area (Å²) in [5.41, 5.74) is 1.69. The second-order valence-electron chi connectivity index (χ2n) is 7.26. The van der Waals surface area contributed by atoms with E-state index < -0.39 is 10.0 Å². The number of nitrogens with zero attached hydrogens (tertiary/aromatic N) is 2. The summed E-state index contributed by atoms with van der Waals surface area (Å²) in [6, 6.07) is 8.47. The summed E-state index contributed by atoms with van der Waals surface area (Å²) >= 11 is 1.47. The number of piperazine rings is 1. The Bertz CT molecular complexity index is 961. The Morgan fingerprint density at radius 2 is 1.86 bits per heavy atom. The summed E-state index contributed by atoms with van der Waals surface area (Å²) in [7, 11) is -3.57. The quantitative estimate of drug-likeness (QED) is 0.722. The third-order valence-electron chi connectivity index (χ3n) is 5.27. The molecule has 158 valence electrons. The Hall–Kier alpha value is -1.74. The van der Waals surface area contributed by atoms with E-state index >= 15 is 0 Å². The molecule has 1 aliphatic rings. The normalized spacial score (nSPS) is 16.1. The molecule has 0 bridgehead atoms. The molecule has 1 fully saturated rings. The molecule has 29 heavy (non-hydrogen) atoms. The Morgan fingerprint density at radius 3 is 2.52 bits per heavy atom. The van der Waals surface area contributed by atoms with Gasteiger partial charge in [0.25, 0.3) is 5.91 Å². The highest BCUT2D eigenvalue weighted by atomic mass is 32.2. The van der Waals surface area contributed by atoms with Gasteiger partial charge in [-0.15, -0.1) is 11.3 Å². The number of sulfonamides is 1. The highest BCUT2D eigenvalue weighted by Crippen LogP contribution is 2.25. The number of benzene rings is 1. The number of carbonyl (C=O) groups excluding carboxylic acids is 1. The minimum absolute atomic E-state index is 0.202. The molecule has 6 nitrogen and oxygen atoms in total. The fourth-order valence-corrected chi connectivity index (χ4v) is 5.95. The van der Waals surface area contributed by atoms with Crippen LogP contribution in [0.3, 0.4) is 0 Å². The van der Waals surface area contributed by atoms with Crippen LogP contribution in [-0.4, -0.2) is 56.3 Å². The second kappa shape index (κ2) is 9.38. The fraction of sp³-hybridized carbons (Fsp3) is 0.476. The first-order chi connectivity index (χ1) is 13.8. The summed E-state index contributed by atoms with van der Waals surface area (Å²) in [5, 5.41) is 2.85. The van der Waals surface area contributed by atoms with Crippen molar-refractivity contribution in [3.05, 3.63) is 45.6 Å². The molecule has 1 saturated heterocycles. The maximum absolute atomic E-state index is 13.0. The zero-order chi connectivity index (χ0) is 21.0. The minimum atomic E-state index is -3.57. The molecule has 0 radical (unpaired) electrons. The van der Waals surface area contributed by atoms with Crippen LogP contribution in [0.25, 0.3) is 0 Å². The van der Waals surface area contributed by atoms with Crippen molar-refractivity contribution >= 4 is 33.0 Å². The van der Waals surface area contributed by atoms with Gasteiger partial charge in [0, 0.05) is 36.7 Å². The predicted molar refractivity (Wildman–Crippen MR) is 118 cm³/mol. The number of hydrogen-bond acceptors (Lipinski definition) is 5. The molecule has 3 rings (SSSR count). The summed E-state index contributed by atoms with van der Waals surface area (Å²) in [4.78, 5) is 16.9. The van der Waals surface area contributed by atoms with Crippen LogP contribution < -0.4 is 5.32 Å². The Balaban J connectivity index is 1.74. The largest absolute Gasteiger partial charge is 0.321 e. The van der Waals surface area contributed by atoms with Crippen molar-refractivity contribution in [2.45, 2.75) is 38.5 Å². The summed E-state index contributed by atoms with van der Waals surface area (Å²) < 4.78 is 27.5. The first-order valence-electron chi connectivity index (χ1n) is 10.1. The van der Waals surface area contributed by atoms with Gasteiger partial charge in [0.15, 0.2) is 0 Å². The van der Waals surface area contributed by atoms with Crippen molar-refractivity contribution in [3.63, 3.8) is 0 Å². The SMILES string of the molecule is CCCc1cc(C(=O)Nc2cccc(S(=O)(=O)N3CCN(CC)CC3)c2)sc1C. The maximum Gasteiger partial charge on any atom is 0.265 e. The number of carbonyl (C=O) groups is 1. The number of nitrogens with one attached hydrogen (secondary N) is 1. The van der Waals surface area contributed by atoms with Gasteiger partial charge in [0.2, 0.25) is 10.0 Å². The molecule has 0 spiro atoms. The monoisotopic (exact) mass is 435 g/mol. The second-order valence-corrected chi connectivity index (χ2v) is 10.5. The van der Waals surface area contributed by atoms with E-state index in [0.717, 1.165) is 37.4 Å². The zero-order valence-electron chi connectivity index (χ0n) is 17.3. The van der Waals surface area contributed by atoms with E-state index in [1.807, 2.05) is 13.0 Å². The van der Waals surface area contributed by atoms with Crippen LogP contribution in [-0.2, 0) is 16.4 Å². The molecular weight excluding hydrogens is 406 g/mol. The predicted octanol–water partition coefficient (Wildman–Crippen LogP) is 3.59. The van der Waals surface area contributed by atoms with Gasteiger partial charge >= 0.3 is 0 Å². The maximum atomic E-state index is 13.0. The van der Waals surface area contributed by atoms with Crippen molar-refractivity contribution in [2.75, 3.05) is 38.0 Å². The van der Waals surface area contributed by atoms with E-state index in [4.69, 9.17) is 0 Å². The van der Waals surface area contributed by atoms with Gasteiger partial charge in [-0.2, -0.15) is 4.31 Å². The van der Waals surface area contributed by atoms with Crippen molar-refractivity contribution < 1.29 is 13.2 Å². The lowest BCUT2D eigenvalue weighted by Crippen LogP contribution is -2.48. The lowest BCUT2D eigenvalue weighted by atomic mass is 10.1. The third-order valence-corrected chi connectivity index (χ3v) is 8.26. The van der Waals surface area contributed by atoms with Gasteiger partial charge < -0.3 is 10.2 Å². The molecule has 1 N–H and O–H groups in total. The highest BCUT2D eigenvalue weighted by molar-refractivity contribution is 7.89. The van der Waals surface area contributed by atoms with E-state index in [9.17, 15) is 13.2 Å². The molecule has 2 heterocycles. The minimum Gasteiger partial charge on any atom is -0.321 e. The van der Waals surface area contributed by atoms with Gasteiger partial charge in [-0.05, 0) is 49.7 Å². The van der Waals surface area contributed by atoms with Crippen molar-refractivity contribution in [1.82, 2.24) is 9.21 Å². The topological polar surface area (TPSA) is 69.7 Å². The van der Waals surface area contributed by atoms with Gasteiger partial charge in [0.05, 0.1) is 9.77 Å². The number of amides is 1. The molecular formula is C21H29N3O3S2. The van der Waals surface area contributed by atoms with Gasteiger partial charge in [-0.3, -0.25) is 4.79 Å². The van der Waals surface area contributed by atoms with Gasteiger partial charge in [-0.1, -0.05) is 26.3 Å². The van der Waals surface area contributed by atoms with Crippen LogP contribution >= 0.6 is 11.3 Å². The van der Waals surface area contributed by atoms with E-state index in [1.54, 1.807) is 24.3 Å². The van der Waals surface area contributed by atoms with Crippen LogP contribution in [0.2, 0.25) is 0 Å². The molecule has 1 amide bonds. The van der Waals surface area contributed by atoms with Crippen LogP contribution in [0, 0.1) is 6.92 Å². The van der Waals surface area contributed by atoms with Crippen molar-refractivity contribution in [3.8, 4) is 0 Å². The lowest BCUT2D eigenvalue weighted by Gasteiger charge is -2.33. The first kappa shape index (κ1) is 22.0. The van der Waals surface area contributed by atoms with E-state index in [1.165, 1.54) is 21.2 Å². The summed E-state index contributed by atoms with van der Waals surface area (Å²) in [6.45, 7) is 9.60. The van der Waals surface area contributed by atoms with Gasteiger partial charge in [0.1, 0.15) is 0 Å². The fourth-order valence-electron chi connectivity index (χ4n) is 3.51. The van der Waals surface area contributed by atoms with Crippen LogP contribution in [0.5, 0.6) is 0 Å². The van der Waals surface area contributed by atoms with Crippen molar-refractivity contribution in [1.29, 1.82) is 0 Å². The van der Waals surface area contributed by atoms with Crippen LogP contribution in [0.1, 0.15) is 40.4 Å². The van der Waals surface area contributed by atoms with E-state index in [-0.39, 0.29) is 10.8 Å². The number of aryl methyl sites for hydroxylation is 2. The average Bonchev–Trinajstić information content (AvgIpc) is 3.09. The smallest absolute Gasteiger partial charge is 0.265 e. The highest BCUT2D eigenvalue weighted by Gasteiger charge is 2.28. The molecule has 0 unspecified atom stereocenters. The molecule has 0 aliphatic carbocycles.